The zero-order chi connectivity index (χ0) is 25.9. The number of anilines is 1. The Bertz CT molecular complexity index is 1180. The third-order valence-corrected chi connectivity index (χ3v) is 5.40. The molecular weight excluding hydrogens is 478 g/mol. The van der Waals surface area contributed by atoms with E-state index in [1.807, 2.05) is 38.1 Å². The van der Waals surface area contributed by atoms with Crippen LogP contribution >= 0.6 is 11.6 Å². The van der Waals surface area contributed by atoms with Gasteiger partial charge in [0.05, 0.1) is 17.8 Å². The fourth-order valence-corrected chi connectivity index (χ4v) is 3.72. The van der Waals surface area contributed by atoms with Crippen LogP contribution in [0.1, 0.15) is 43.4 Å². The zero-order valence-corrected chi connectivity index (χ0v) is 21.8. The number of carbonyl (C=O) groups excluding carboxylic acids is 1. The number of hydrogen-bond acceptors (Lipinski definition) is 5. The van der Waals surface area contributed by atoms with Gasteiger partial charge in [-0.1, -0.05) is 55.8 Å². The molecule has 0 radical (unpaired) electrons. The van der Waals surface area contributed by atoms with E-state index in [4.69, 9.17) is 25.8 Å². The molecule has 3 aromatic rings. The summed E-state index contributed by atoms with van der Waals surface area (Å²) in [7, 11) is 0. The van der Waals surface area contributed by atoms with E-state index in [-0.39, 0.29) is 0 Å². The lowest BCUT2D eigenvalue weighted by atomic mass is 10.0. The van der Waals surface area contributed by atoms with Gasteiger partial charge in [-0.15, -0.1) is 0 Å². The zero-order valence-electron chi connectivity index (χ0n) is 21.0. The molecule has 0 atom stereocenters. The van der Waals surface area contributed by atoms with Crippen molar-refractivity contribution in [1.29, 1.82) is 0 Å². The summed E-state index contributed by atoms with van der Waals surface area (Å²) in [4.78, 5) is 12.0. The van der Waals surface area contributed by atoms with Crippen LogP contribution in [-0.2, 0) is 0 Å². The molecule has 0 aromatic heterocycles. The number of urea groups is 1. The van der Waals surface area contributed by atoms with Crippen LogP contribution in [0.5, 0.6) is 17.2 Å². The van der Waals surface area contributed by atoms with Gasteiger partial charge >= 0.3 is 6.03 Å². The van der Waals surface area contributed by atoms with Crippen LogP contribution in [0.2, 0.25) is 5.02 Å². The Balaban J connectivity index is 1.60. The number of hydrazone groups is 1. The number of rotatable bonds is 11. The maximum absolute atomic E-state index is 12.0. The minimum Gasteiger partial charge on any atom is -0.490 e. The van der Waals surface area contributed by atoms with Crippen LogP contribution in [0.15, 0.2) is 65.8 Å². The van der Waals surface area contributed by atoms with E-state index in [9.17, 15) is 4.79 Å². The van der Waals surface area contributed by atoms with Crippen LogP contribution in [0.3, 0.4) is 0 Å². The van der Waals surface area contributed by atoms with E-state index < -0.39 is 6.03 Å². The molecule has 0 saturated carbocycles. The Morgan fingerprint density at radius 2 is 1.75 bits per heavy atom. The predicted molar refractivity (Wildman–Crippen MR) is 145 cm³/mol. The van der Waals surface area contributed by atoms with E-state index in [1.165, 1.54) is 6.21 Å². The number of carbonyl (C=O) groups is 1. The van der Waals surface area contributed by atoms with Crippen molar-refractivity contribution in [2.75, 3.05) is 25.1 Å². The van der Waals surface area contributed by atoms with Gasteiger partial charge in [0.2, 0.25) is 0 Å². The summed E-state index contributed by atoms with van der Waals surface area (Å²) in [5, 5.41) is 7.04. The molecular formula is C28H32ClN3O4. The number of ether oxygens (including phenoxy) is 3. The molecule has 36 heavy (non-hydrogen) atoms. The van der Waals surface area contributed by atoms with Crippen LogP contribution in [0.25, 0.3) is 0 Å². The topological polar surface area (TPSA) is 81.2 Å². The Morgan fingerprint density at radius 3 is 2.47 bits per heavy atom. The van der Waals surface area contributed by atoms with Crippen LogP contribution in [0.4, 0.5) is 10.5 Å². The van der Waals surface area contributed by atoms with E-state index in [0.29, 0.717) is 53.5 Å². The Labute approximate surface area is 217 Å². The first-order valence-corrected chi connectivity index (χ1v) is 12.2. The summed E-state index contributed by atoms with van der Waals surface area (Å²) < 4.78 is 17.7. The molecule has 3 aromatic carbocycles. The van der Waals surface area contributed by atoms with Crippen molar-refractivity contribution >= 4 is 29.5 Å². The molecule has 0 heterocycles. The van der Waals surface area contributed by atoms with Crippen molar-refractivity contribution in [3.8, 4) is 17.2 Å². The summed E-state index contributed by atoms with van der Waals surface area (Å²) in [6.07, 6.45) is 1.48. The number of hydrogen-bond donors (Lipinski definition) is 2. The summed E-state index contributed by atoms with van der Waals surface area (Å²) in [6.45, 7) is 9.27. The monoisotopic (exact) mass is 509 g/mol. The number of nitrogens with one attached hydrogen (secondary N) is 2. The second kappa shape index (κ2) is 13.4. The predicted octanol–water partition coefficient (Wildman–Crippen LogP) is 6.78. The first-order valence-electron chi connectivity index (χ1n) is 11.8. The summed E-state index contributed by atoms with van der Waals surface area (Å²) in [5.41, 5.74) is 6.04. The lowest BCUT2D eigenvalue weighted by Crippen LogP contribution is -2.24. The van der Waals surface area contributed by atoms with Gasteiger partial charge in [0.25, 0.3) is 0 Å². The quantitative estimate of drug-likeness (QED) is 0.169. The lowest BCUT2D eigenvalue weighted by Gasteiger charge is -2.17. The van der Waals surface area contributed by atoms with Crippen LogP contribution < -0.4 is 25.0 Å². The number of halogens is 1. The molecule has 190 valence electrons. The van der Waals surface area contributed by atoms with Gasteiger partial charge < -0.3 is 19.5 Å². The summed E-state index contributed by atoms with van der Waals surface area (Å²) in [6, 6.07) is 18.3. The van der Waals surface area contributed by atoms with Crippen molar-refractivity contribution in [1.82, 2.24) is 5.43 Å². The van der Waals surface area contributed by atoms with Gasteiger partial charge in [-0.25, -0.2) is 10.2 Å². The van der Waals surface area contributed by atoms with Crippen molar-refractivity contribution in [2.24, 2.45) is 5.10 Å². The average Bonchev–Trinajstić information content (AvgIpc) is 2.83. The number of nitrogens with zero attached hydrogens (tertiary/aromatic N) is 1. The standard InChI is InChI=1S/C28H32ClN3O4/c1-5-34-26-17-21(18-30-32-28(33)31-22-9-7-6-8-10-22)16-24(29)27(26)36-14-13-35-25-15-20(4)11-12-23(25)19(2)3/h6-12,15-19H,5,13-14H2,1-4H3,(H2,31,32,33)/b30-18-. The highest BCUT2D eigenvalue weighted by atomic mass is 35.5. The first kappa shape index (κ1) is 26.9. The molecule has 0 spiro atoms. The molecule has 0 aliphatic heterocycles. The van der Waals surface area contributed by atoms with E-state index >= 15 is 0 Å². The van der Waals surface area contributed by atoms with Gasteiger partial charge in [-0.05, 0) is 66.8 Å². The molecule has 0 bridgehead atoms. The lowest BCUT2D eigenvalue weighted by molar-refractivity contribution is 0.207. The van der Waals surface area contributed by atoms with Gasteiger partial charge in [0.15, 0.2) is 11.5 Å². The summed E-state index contributed by atoms with van der Waals surface area (Å²) >= 11 is 6.50. The van der Waals surface area contributed by atoms with Gasteiger partial charge in [0, 0.05) is 5.69 Å². The third-order valence-electron chi connectivity index (χ3n) is 5.12. The van der Waals surface area contributed by atoms with E-state index in [1.54, 1.807) is 24.3 Å². The fourth-order valence-electron chi connectivity index (χ4n) is 3.45. The highest BCUT2D eigenvalue weighted by Gasteiger charge is 2.13. The SMILES string of the molecule is CCOc1cc(/C=N\NC(=O)Nc2ccccc2)cc(Cl)c1OCCOc1cc(C)ccc1C(C)C. The number of para-hydroxylation sites is 1. The number of amides is 2. The smallest absolute Gasteiger partial charge is 0.339 e. The highest BCUT2D eigenvalue weighted by Crippen LogP contribution is 2.36. The molecule has 2 N–H and O–H groups in total. The minimum atomic E-state index is -0.456. The molecule has 0 unspecified atom stereocenters. The van der Waals surface area contributed by atoms with E-state index in [0.717, 1.165) is 16.9 Å². The fraction of sp³-hybridized carbons (Fsp3) is 0.286. The normalized spacial score (nSPS) is 10.9. The Kier molecular flexibility index (Phi) is 10.0. The Hall–Kier alpha value is -3.71. The van der Waals surface area contributed by atoms with Crippen molar-refractivity contribution in [2.45, 2.75) is 33.6 Å². The van der Waals surface area contributed by atoms with Crippen LogP contribution in [0, 0.1) is 6.92 Å². The highest BCUT2D eigenvalue weighted by molar-refractivity contribution is 6.32. The van der Waals surface area contributed by atoms with Gasteiger partial charge in [0.1, 0.15) is 19.0 Å². The second-order valence-corrected chi connectivity index (χ2v) is 8.75. The van der Waals surface area contributed by atoms with Crippen molar-refractivity contribution < 1.29 is 19.0 Å². The van der Waals surface area contributed by atoms with Gasteiger partial charge in [-0.2, -0.15) is 5.10 Å². The molecule has 2 amide bonds. The molecule has 0 saturated heterocycles. The number of benzene rings is 3. The maximum Gasteiger partial charge on any atom is 0.339 e. The Morgan fingerprint density at radius 1 is 1.00 bits per heavy atom. The molecule has 3 rings (SSSR count). The van der Waals surface area contributed by atoms with Crippen molar-refractivity contribution in [3.63, 3.8) is 0 Å². The molecule has 7 nitrogen and oxygen atoms in total. The van der Waals surface area contributed by atoms with Crippen LogP contribution in [-0.4, -0.2) is 32.1 Å². The largest absolute Gasteiger partial charge is 0.490 e. The van der Waals surface area contributed by atoms with Gasteiger partial charge in [-0.3, -0.25) is 0 Å². The first-order chi connectivity index (χ1) is 17.4. The average molecular weight is 510 g/mol. The minimum absolute atomic E-state index is 0.292. The second-order valence-electron chi connectivity index (χ2n) is 8.35. The number of aryl methyl sites for hydroxylation is 1. The van der Waals surface area contributed by atoms with Crippen molar-refractivity contribution in [3.05, 3.63) is 82.4 Å². The molecule has 0 aliphatic carbocycles. The molecule has 0 aliphatic rings. The summed E-state index contributed by atoms with van der Waals surface area (Å²) in [5.74, 6) is 2.13. The van der Waals surface area contributed by atoms with E-state index in [2.05, 4.69) is 41.8 Å². The third kappa shape index (κ3) is 7.92. The molecule has 0 fully saturated rings. The maximum atomic E-state index is 12.0. The molecule has 8 heteroatoms.